The van der Waals surface area contributed by atoms with Crippen LogP contribution in [0.15, 0.2) is 42.5 Å². The minimum Gasteiger partial charge on any atom is -0.497 e. The molecule has 0 bridgehead atoms. The van der Waals surface area contributed by atoms with Crippen molar-refractivity contribution in [1.29, 1.82) is 0 Å². The van der Waals surface area contributed by atoms with Gasteiger partial charge in [0.15, 0.2) is 11.6 Å². The number of hydrogen-bond donors (Lipinski definition) is 2. The van der Waals surface area contributed by atoms with Gasteiger partial charge in [-0.15, -0.1) is 0 Å². The Morgan fingerprint density at radius 2 is 1.80 bits per heavy atom. The predicted octanol–water partition coefficient (Wildman–Crippen LogP) is 4.06. The molecule has 5 nitrogen and oxygen atoms in total. The van der Waals surface area contributed by atoms with Crippen LogP contribution in [0.3, 0.4) is 0 Å². The summed E-state index contributed by atoms with van der Waals surface area (Å²) in [7, 11) is 1.60. The average Bonchev–Trinajstić information content (AvgIpc) is 2.77. The van der Waals surface area contributed by atoms with Gasteiger partial charge in [-0.3, -0.25) is 4.79 Å². The number of anilines is 1. The van der Waals surface area contributed by atoms with Crippen molar-refractivity contribution >= 4 is 11.6 Å². The van der Waals surface area contributed by atoms with Crippen LogP contribution in [-0.2, 0) is 0 Å². The molecule has 7 heteroatoms. The van der Waals surface area contributed by atoms with Gasteiger partial charge in [-0.05, 0) is 68.6 Å². The predicted molar refractivity (Wildman–Crippen MR) is 114 cm³/mol. The van der Waals surface area contributed by atoms with Crippen LogP contribution in [0.5, 0.6) is 5.75 Å². The fourth-order valence-corrected chi connectivity index (χ4v) is 3.63. The van der Waals surface area contributed by atoms with Gasteiger partial charge in [0.05, 0.1) is 7.11 Å². The smallest absolute Gasteiger partial charge is 0.251 e. The number of benzene rings is 2. The fraction of sp³-hybridized carbons (Fsp3) is 0.435. The minimum atomic E-state index is -0.824. The molecule has 0 aliphatic carbocycles. The summed E-state index contributed by atoms with van der Waals surface area (Å²) in [5.41, 5.74) is 1.26. The van der Waals surface area contributed by atoms with Crippen molar-refractivity contribution in [3.63, 3.8) is 0 Å². The van der Waals surface area contributed by atoms with E-state index >= 15 is 0 Å². The molecule has 2 aromatic rings. The van der Waals surface area contributed by atoms with E-state index in [-0.39, 0.29) is 11.9 Å². The Bertz CT molecular complexity index is 822. The van der Waals surface area contributed by atoms with E-state index in [0.717, 1.165) is 57.1 Å². The lowest BCUT2D eigenvalue weighted by Crippen LogP contribution is -2.39. The summed E-state index contributed by atoms with van der Waals surface area (Å²) in [5.74, 6) is -0.982. The quantitative estimate of drug-likeness (QED) is 0.604. The molecule has 0 atom stereocenters. The van der Waals surface area contributed by atoms with Crippen LogP contribution in [-0.4, -0.2) is 50.1 Å². The van der Waals surface area contributed by atoms with E-state index in [4.69, 9.17) is 4.74 Å². The number of carbonyl (C=O) groups is 1. The molecule has 1 heterocycles. The van der Waals surface area contributed by atoms with Gasteiger partial charge in [0.1, 0.15) is 5.75 Å². The third kappa shape index (κ3) is 6.42. The summed E-state index contributed by atoms with van der Waals surface area (Å²) < 4.78 is 31.4. The summed E-state index contributed by atoms with van der Waals surface area (Å²) in [4.78, 5) is 14.5. The van der Waals surface area contributed by atoms with Crippen LogP contribution < -0.4 is 15.4 Å². The molecule has 2 N–H and O–H groups in total. The number of nitrogens with zero attached hydrogens (tertiary/aromatic N) is 1. The Balaban J connectivity index is 1.28. The number of rotatable bonds is 9. The maximum atomic E-state index is 13.3. The number of ether oxygens (including phenoxy) is 1. The zero-order valence-electron chi connectivity index (χ0n) is 17.3. The zero-order valence-corrected chi connectivity index (χ0v) is 17.3. The highest BCUT2D eigenvalue weighted by atomic mass is 19.2. The maximum Gasteiger partial charge on any atom is 0.251 e. The summed E-state index contributed by atoms with van der Waals surface area (Å²) in [6, 6.07) is 11.3. The van der Waals surface area contributed by atoms with Gasteiger partial charge in [0.2, 0.25) is 0 Å². The van der Waals surface area contributed by atoms with E-state index in [1.54, 1.807) is 37.4 Å². The first-order valence-electron chi connectivity index (χ1n) is 10.4. The number of carbonyl (C=O) groups excluding carboxylic acids is 1. The summed E-state index contributed by atoms with van der Waals surface area (Å²) in [6.07, 6.45) is 3.87. The first-order valence-corrected chi connectivity index (χ1v) is 10.4. The van der Waals surface area contributed by atoms with Crippen molar-refractivity contribution in [2.45, 2.75) is 31.7 Å². The topological polar surface area (TPSA) is 53.6 Å². The molecule has 1 saturated heterocycles. The molecule has 2 aromatic carbocycles. The number of piperidine rings is 1. The highest BCUT2D eigenvalue weighted by molar-refractivity contribution is 5.94. The van der Waals surface area contributed by atoms with Crippen LogP contribution in [0.25, 0.3) is 0 Å². The summed E-state index contributed by atoms with van der Waals surface area (Å²) >= 11 is 0. The second-order valence-electron chi connectivity index (χ2n) is 7.58. The van der Waals surface area contributed by atoms with Crippen LogP contribution >= 0.6 is 0 Å². The molecule has 0 saturated carbocycles. The van der Waals surface area contributed by atoms with E-state index in [1.807, 2.05) is 0 Å². The number of nitrogens with one attached hydrogen (secondary N) is 2. The summed E-state index contributed by atoms with van der Waals surface area (Å²) in [5, 5.41) is 6.24. The highest BCUT2D eigenvalue weighted by Gasteiger charge is 2.19. The lowest BCUT2D eigenvalue weighted by Gasteiger charge is -2.32. The molecule has 1 aliphatic heterocycles. The first kappa shape index (κ1) is 22.0. The third-order valence-corrected chi connectivity index (χ3v) is 5.42. The fourth-order valence-electron chi connectivity index (χ4n) is 3.63. The molecule has 0 spiro atoms. The van der Waals surface area contributed by atoms with Gasteiger partial charge >= 0.3 is 0 Å². The Hall–Kier alpha value is -2.67. The van der Waals surface area contributed by atoms with Gasteiger partial charge < -0.3 is 20.3 Å². The van der Waals surface area contributed by atoms with E-state index in [0.29, 0.717) is 17.8 Å². The van der Waals surface area contributed by atoms with Crippen molar-refractivity contribution < 1.29 is 18.3 Å². The summed E-state index contributed by atoms with van der Waals surface area (Å²) in [6.45, 7) is 3.59. The van der Waals surface area contributed by atoms with Crippen molar-refractivity contribution in [3.8, 4) is 5.75 Å². The Labute approximate surface area is 176 Å². The average molecular weight is 418 g/mol. The van der Waals surface area contributed by atoms with E-state index in [1.165, 1.54) is 6.07 Å². The number of likely N-dealkylation sites (tertiary alicyclic amines) is 1. The Kier molecular flexibility index (Phi) is 8.02. The van der Waals surface area contributed by atoms with Crippen molar-refractivity contribution in [2.24, 2.45) is 0 Å². The second kappa shape index (κ2) is 10.9. The molecule has 0 aromatic heterocycles. The van der Waals surface area contributed by atoms with Crippen LogP contribution in [0.1, 0.15) is 36.0 Å². The monoisotopic (exact) mass is 417 g/mol. The molecule has 0 unspecified atom stereocenters. The zero-order chi connectivity index (χ0) is 21.3. The van der Waals surface area contributed by atoms with Crippen molar-refractivity contribution in [3.05, 3.63) is 59.7 Å². The molecule has 0 radical (unpaired) electrons. The number of methoxy groups -OCH3 is 1. The lowest BCUT2D eigenvalue weighted by atomic mass is 10.0. The minimum absolute atomic E-state index is 0.0678. The van der Waals surface area contributed by atoms with Crippen molar-refractivity contribution in [2.75, 3.05) is 38.6 Å². The Morgan fingerprint density at radius 3 is 2.47 bits per heavy atom. The molecule has 1 amide bonds. The second-order valence-corrected chi connectivity index (χ2v) is 7.58. The molecule has 3 rings (SSSR count). The van der Waals surface area contributed by atoms with Gasteiger partial charge in [-0.25, -0.2) is 8.78 Å². The van der Waals surface area contributed by atoms with Gasteiger partial charge in [0, 0.05) is 43.0 Å². The highest BCUT2D eigenvalue weighted by Crippen LogP contribution is 2.19. The molecular weight excluding hydrogens is 388 g/mol. The molecule has 30 heavy (non-hydrogen) atoms. The van der Waals surface area contributed by atoms with E-state index in [9.17, 15) is 13.6 Å². The third-order valence-electron chi connectivity index (χ3n) is 5.42. The number of amides is 1. The maximum absolute atomic E-state index is 13.3. The van der Waals surface area contributed by atoms with Gasteiger partial charge in [-0.1, -0.05) is 0 Å². The number of halogens is 2. The lowest BCUT2D eigenvalue weighted by molar-refractivity contribution is 0.0952. The van der Waals surface area contributed by atoms with Crippen LogP contribution in [0.4, 0.5) is 14.5 Å². The Morgan fingerprint density at radius 1 is 1.07 bits per heavy atom. The van der Waals surface area contributed by atoms with E-state index < -0.39 is 11.6 Å². The largest absolute Gasteiger partial charge is 0.497 e. The van der Waals surface area contributed by atoms with E-state index in [2.05, 4.69) is 15.5 Å². The number of hydrogen-bond acceptors (Lipinski definition) is 4. The SMILES string of the molecule is COc1ccc(C(=O)NCCCCN2CCC(Nc3ccc(F)c(F)c3)CC2)cc1. The normalized spacial score (nSPS) is 15.0. The number of unbranched alkanes of at least 4 members (excludes halogenated alkanes) is 1. The van der Waals surface area contributed by atoms with Crippen LogP contribution in [0, 0.1) is 11.6 Å². The van der Waals surface area contributed by atoms with Crippen LogP contribution in [0.2, 0.25) is 0 Å². The first-order chi connectivity index (χ1) is 14.5. The molecular formula is C23H29F2N3O2. The molecule has 162 valence electrons. The van der Waals surface area contributed by atoms with Crippen molar-refractivity contribution in [1.82, 2.24) is 10.2 Å². The standard InChI is InChI=1S/C23H29F2N3O2/c1-30-20-7-4-17(5-8-20)23(29)26-12-2-3-13-28-14-10-18(11-15-28)27-19-6-9-21(24)22(25)16-19/h4-9,16,18,27H,2-3,10-15H2,1H3,(H,26,29). The molecule has 1 fully saturated rings. The molecule has 1 aliphatic rings. The van der Waals surface area contributed by atoms with Gasteiger partial charge in [0.25, 0.3) is 5.91 Å². The van der Waals surface area contributed by atoms with Gasteiger partial charge in [-0.2, -0.15) is 0 Å².